The summed E-state index contributed by atoms with van der Waals surface area (Å²) in [5.41, 5.74) is -2.06. The molecule has 0 amide bonds. The second-order valence-electron chi connectivity index (χ2n) is 2.93. The van der Waals surface area contributed by atoms with Gasteiger partial charge in [-0.15, -0.1) is 0 Å². The van der Waals surface area contributed by atoms with Crippen LogP contribution in [0.15, 0.2) is 15.0 Å². The highest BCUT2D eigenvalue weighted by Crippen LogP contribution is 2.39. The van der Waals surface area contributed by atoms with Crippen molar-refractivity contribution in [3.05, 3.63) is 26.8 Å². The van der Waals surface area contributed by atoms with Crippen LogP contribution >= 0.6 is 28.1 Å². The topological polar surface area (TPSA) is 28.9 Å². The molecular weight excluding hydrogens is 314 g/mol. The van der Waals surface area contributed by atoms with E-state index in [-0.39, 0.29) is 14.9 Å². The van der Waals surface area contributed by atoms with E-state index in [2.05, 4.69) is 33.1 Å². The number of aromatic amines is 1. The summed E-state index contributed by atoms with van der Waals surface area (Å²) in [5.74, 6) is -1.39. The molecule has 0 bridgehead atoms. The zero-order valence-electron chi connectivity index (χ0n) is 7.28. The van der Waals surface area contributed by atoms with Crippen molar-refractivity contribution in [2.24, 2.45) is 0 Å². The van der Waals surface area contributed by atoms with E-state index in [1.165, 1.54) is 0 Å². The number of alkyl halides is 3. The number of oxazole rings is 1. The van der Waals surface area contributed by atoms with Crippen LogP contribution in [0.1, 0.15) is 5.56 Å². The fourth-order valence-corrected chi connectivity index (χ4v) is 1.98. The number of rotatable bonds is 0. The summed E-state index contributed by atoms with van der Waals surface area (Å²) in [6.45, 7) is 0. The molecule has 86 valence electrons. The van der Waals surface area contributed by atoms with Gasteiger partial charge in [-0.3, -0.25) is 0 Å². The van der Waals surface area contributed by atoms with E-state index in [1.807, 2.05) is 0 Å². The highest BCUT2D eigenvalue weighted by atomic mass is 79.9. The monoisotopic (exact) mass is 315 g/mol. The Morgan fingerprint density at radius 3 is 2.56 bits per heavy atom. The van der Waals surface area contributed by atoms with Gasteiger partial charge in [-0.1, -0.05) is 0 Å². The van der Waals surface area contributed by atoms with Gasteiger partial charge in [0.15, 0.2) is 5.58 Å². The molecular formula is C8H2BrF4NOS. The summed E-state index contributed by atoms with van der Waals surface area (Å²) in [6.07, 6.45) is -4.81. The Balaban J connectivity index is 2.97. The lowest BCUT2D eigenvalue weighted by Gasteiger charge is -2.08. The molecule has 1 aromatic heterocycles. The summed E-state index contributed by atoms with van der Waals surface area (Å²) < 4.78 is 55.9. The first-order valence-electron chi connectivity index (χ1n) is 3.88. The summed E-state index contributed by atoms with van der Waals surface area (Å²) >= 11 is 7.46. The van der Waals surface area contributed by atoms with Crippen molar-refractivity contribution in [3.8, 4) is 0 Å². The molecule has 0 fully saturated rings. The number of hydrogen-bond donors (Lipinski definition) is 1. The van der Waals surface area contributed by atoms with Gasteiger partial charge in [0.25, 0.3) is 4.84 Å². The molecule has 1 heterocycles. The van der Waals surface area contributed by atoms with Crippen LogP contribution in [-0.4, -0.2) is 4.98 Å². The molecule has 16 heavy (non-hydrogen) atoms. The largest absolute Gasteiger partial charge is 0.428 e. The van der Waals surface area contributed by atoms with Crippen molar-refractivity contribution in [1.82, 2.24) is 4.98 Å². The zero-order valence-corrected chi connectivity index (χ0v) is 9.69. The van der Waals surface area contributed by atoms with Crippen molar-refractivity contribution in [3.63, 3.8) is 0 Å². The summed E-state index contributed by atoms with van der Waals surface area (Å²) in [6, 6.07) is 0.692. The Morgan fingerprint density at radius 1 is 1.38 bits per heavy atom. The Labute approximate surface area is 99.4 Å². The van der Waals surface area contributed by atoms with Crippen LogP contribution in [0.25, 0.3) is 11.1 Å². The van der Waals surface area contributed by atoms with Gasteiger partial charge in [0.1, 0.15) is 16.9 Å². The van der Waals surface area contributed by atoms with E-state index in [0.717, 1.165) is 0 Å². The molecule has 0 aliphatic rings. The first-order valence-corrected chi connectivity index (χ1v) is 5.09. The van der Waals surface area contributed by atoms with Gasteiger partial charge in [-0.05, 0) is 34.2 Å². The van der Waals surface area contributed by atoms with Crippen molar-refractivity contribution >= 4 is 39.2 Å². The van der Waals surface area contributed by atoms with Crippen molar-refractivity contribution in [1.29, 1.82) is 0 Å². The molecule has 0 aliphatic carbocycles. The molecule has 0 saturated heterocycles. The summed E-state index contributed by atoms with van der Waals surface area (Å²) in [4.78, 5) is 1.93. The lowest BCUT2D eigenvalue weighted by atomic mass is 10.1. The predicted octanol–water partition coefficient (Wildman–Crippen LogP) is 4.41. The average Bonchev–Trinajstić information content (AvgIpc) is 2.43. The molecule has 0 atom stereocenters. The van der Waals surface area contributed by atoms with E-state index in [9.17, 15) is 17.6 Å². The lowest BCUT2D eigenvalue weighted by molar-refractivity contribution is -0.138. The van der Waals surface area contributed by atoms with Crippen molar-refractivity contribution in [2.75, 3.05) is 0 Å². The van der Waals surface area contributed by atoms with Gasteiger partial charge in [-0.2, -0.15) is 13.2 Å². The van der Waals surface area contributed by atoms with Crippen LogP contribution in [0.3, 0.4) is 0 Å². The third-order valence-electron chi connectivity index (χ3n) is 1.89. The zero-order chi connectivity index (χ0) is 12.1. The molecule has 0 aliphatic heterocycles. The van der Waals surface area contributed by atoms with Gasteiger partial charge in [0.05, 0.1) is 4.47 Å². The molecule has 0 spiro atoms. The van der Waals surface area contributed by atoms with Gasteiger partial charge in [0, 0.05) is 0 Å². The fraction of sp³-hybridized carbons (Fsp3) is 0.125. The molecule has 0 unspecified atom stereocenters. The highest BCUT2D eigenvalue weighted by Gasteiger charge is 2.38. The van der Waals surface area contributed by atoms with Gasteiger partial charge >= 0.3 is 6.18 Å². The van der Waals surface area contributed by atoms with Crippen LogP contribution < -0.4 is 0 Å². The van der Waals surface area contributed by atoms with Crippen LogP contribution in [0, 0.1) is 10.7 Å². The number of benzene rings is 1. The number of aromatic nitrogens is 1. The number of H-pyrrole nitrogens is 1. The van der Waals surface area contributed by atoms with Gasteiger partial charge < -0.3 is 9.40 Å². The third-order valence-corrected chi connectivity index (χ3v) is 2.67. The Kier molecular flexibility index (Phi) is 2.58. The second kappa shape index (κ2) is 3.56. The first-order chi connectivity index (χ1) is 7.30. The summed E-state index contributed by atoms with van der Waals surface area (Å²) in [5, 5.41) is 0. The van der Waals surface area contributed by atoms with Gasteiger partial charge in [0.2, 0.25) is 0 Å². The number of fused-ring (bicyclic) bond motifs is 1. The van der Waals surface area contributed by atoms with Crippen LogP contribution in [0.4, 0.5) is 17.6 Å². The standard InChI is InChI=1S/C8H2BrF4NOS/c9-2-1-3(10)4(8(11,12)13)5-6(2)15-7(16)14-5/h1H,(H,14,16). The van der Waals surface area contributed by atoms with Crippen LogP contribution in [0.5, 0.6) is 0 Å². The SMILES string of the molecule is Fc1cc(Br)c2oc(=S)[nH]c2c1C(F)(F)F. The molecule has 1 aromatic carbocycles. The van der Waals surface area contributed by atoms with Crippen molar-refractivity contribution < 1.29 is 22.0 Å². The number of nitrogens with one attached hydrogen (secondary N) is 1. The predicted molar refractivity (Wildman–Crippen MR) is 54.1 cm³/mol. The normalized spacial score (nSPS) is 12.3. The first kappa shape index (κ1) is 11.6. The minimum Gasteiger partial charge on any atom is -0.428 e. The Morgan fingerprint density at radius 2 is 2.00 bits per heavy atom. The van der Waals surface area contributed by atoms with E-state index in [0.29, 0.717) is 6.07 Å². The molecule has 2 rings (SSSR count). The second-order valence-corrected chi connectivity index (χ2v) is 4.16. The maximum absolute atomic E-state index is 13.2. The minimum atomic E-state index is -4.81. The maximum Gasteiger partial charge on any atom is 0.421 e. The van der Waals surface area contributed by atoms with Crippen LogP contribution in [-0.2, 0) is 6.18 Å². The fourth-order valence-electron chi connectivity index (χ4n) is 1.32. The quantitative estimate of drug-likeness (QED) is 0.576. The maximum atomic E-state index is 13.2. The molecule has 0 saturated carbocycles. The Hall–Kier alpha value is -0.890. The van der Waals surface area contributed by atoms with E-state index < -0.39 is 23.1 Å². The summed E-state index contributed by atoms with van der Waals surface area (Å²) in [7, 11) is 0. The van der Waals surface area contributed by atoms with Crippen molar-refractivity contribution in [2.45, 2.75) is 6.18 Å². The molecule has 2 nitrogen and oxygen atoms in total. The van der Waals surface area contributed by atoms with E-state index in [4.69, 9.17) is 4.42 Å². The highest BCUT2D eigenvalue weighted by molar-refractivity contribution is 9.10. The third kappa shape index (κ3) is 1.75. The molecule has 1 N–H and O–H groups in total. The number of halogens is 5. The van der Waals surface area contributed by atoms with E-state index >= 15 is 0 Å². The lowest BCUT2D eigenvalue weighted by Crippen LogP contribution is -2.09. The molecule has 2 aromatic rings. The van der Waals surface area contributed by atoms with Crippen LogP contribution in [0.2, 0.25) is 0 Å². The molecule has 8 heteroatoms. The Bertz CT molecular complexity index is 615. The number of hydrogen-bond acceptors (Lipinski definition) is 2. The average molecular weight is 316 g/mol. The smallest absolute Gasteiger partial charge is 0.421 e. The van der Waals surface area contributed by atoms with E-state index in [1.54, 1.807) is 0 Å². The molecule has 0 radical (unpaired) electrons. The minimum absolute atomic E-state index is 0.0698. The van der Waals surface area contributed by atoms with Gasteiger partial charge in [-0.25, -0.2) is 4.39 Å².